The molecule has 0 atom stereocenters. The lowest BCUT2D eigenvalue weighted by atomic mass is 9.99. The van der Waals surface area contributed by atoms with Crippen LogP contribution in [0.15, 0.2) is 54.6 Å². The number of hydrogen-bond donors (Lipinski definition) is 1. The summed E-state index contributed by atoms with van der Waals surface area (Å²) in [4.78, 5) is 15.6. The van der Waals surface area contributed by atoms with Crippen molar-refractivity contribution in [1.82, 2.24) is 4.98 Å². The van der Waals surface area contributed by atoms with E-state index in [1.165, 1.54) is 10.9 Å². The zero-order chi connectivity index (χ0) is 16.2. The third kappa shape index (κ3) is 3.39. The van der Waals surface area contributed by atoms with Crippen molar-refractivity contribution in [2.45, 2.75) is 26.2 Å². The second-order valence-electron chi connectivity index (χ2n) is 5.65. The number of pyridine rings is 1. The molecule has 0 aliphatic rings. The Labute approximate surface area is 135 Å². The minimum atomic E-state index is -0.885. The monoisotopic (exact) mass is 305 g/mol. The fraction of sp³-hybridized carbons (Fsp3) is 0.200. The van der Waals surface area contributed by atoms with Gasteiger partial charge in [-0.05, 0) is 54.7 Å². The van der Waals surface area contributed by atoms with E-state index in [1.54, 1.807) is 12.1 Å². The molecule has 1 aromatic heterocycles. The fourth-order valence-corrected chi connectivity index (χ4v) is 2.79. The highest BCUT2D eigenvalue weighted by Gasteiger charge is 2.06. The zero-order valence-corrected chi connectivity index (χ0v) is 13.1. The van der Waals surface area contributed by atoms with E-state index in [-0.39, 0.29) is 0 Å². The molecule has 3 heteroatoms. The molecule has 3 nitrogen and oxygen atoms in total. The summed E-state index contributed by atoms with van der Waals surface area (Å²) in [6, 6.07) is 17.5. The molecule has 0 amide bonds. The topological polar surface area (TPSA) is 50.2 Å². The van der Waals surface area contributed by atoms with Crippen molar-refractivity contribution >= 4 is 16.9 Å². The van der Waals surface area contributed by atoms with Gasteiger partial charge in [-0.15, -0.1) is 0 Å². The van der Waals surface area contributed by atoms with E-state index in [0.717, 1.165) is 36.0 Å². The van der Waals surface area contributed by atoms with Gasteiger partial charge in [-0.3, -0.25) is 4.98 Å². The number of fused-ring (bicyclic) bond motifs is 1. The largest absolute Gasteiger partial charge is 0.478 e. The molecule has 0 saturated carbocycles. The molecule has 0 fully saturated rings. The molecule has 0 aliphatic heterocycles. The second kappa shape index (κ2) is 6.61. The van der Waals surface area contributed by atoms with Gasteiger partial charge in [-0.1, -0.05) is 37.3 Å². The van der Waals surface area contributed by atoms with Gasteiger partial charge in [-0.25, -0.2) is 4.79 Å². The molecular weight excluding hydrogens is 286 g/mol. The standard InChI is InChI=1S/C20H19NO2/c1-2-17-13-16(18-5-3-4-6-19(18)21-17)12-9-14-7-10-15(11-8-14)20(22)23/h3-8,10-11,13H,2,9,12H2,1H3,(H,22,23). The van der Waals surface area contributed by atoms with E-state index in [1.807, 2.05) is 24.3 Å². The molecule has 3 aromatic rings. The lowest BCUT2D eigenvalue weighted by Gasteiger charge is -2.09. The molecule has 0 spiro atoms. The number of carboxylic acid groups (broad SMARTS) is 1. The van der Waals surface area contributed by atoms with Gasteiger partial charge in [0.1, 0.15) is 0 Å². The summed E-state index contributed by atoms with van der Waals surface area (Å²) in [5, 5.41) is 10.2. The molecule has 0 bridgehead atoms. The van der Waals surface area contributed by atoms with Crippen LogP contribution in [-0.2, 0) is 19.3 Å². The third-order valence-electron chi connectivity index (χ3n) is 4.10. The van der Waals surface area contributed by atoms with Crippen molar-refractivity contribution in [2.24, 2.45) is 0 Å². The van der Waals surface area contributed by atoms with E-state index in [9.17, 15) is 4.79 Å². The first-order valence-corrected chi connectivity index (χ1v) is 7.87. The Morgan fingerprint density at radius 1 is 1.04 bits per heavy atom. The number of rotatable bonds is 5. The van der Waals surface area contributed by atoms with Gasteiger partial charge in [0.25, 0.3) is 0 Å². The molecule has 23 heavy (non-hydrogen) atoms. The maximum atomic E-state index is 10.9. The van der Waals surface area contributed by atoms with Gasteiger partial charge in [0, 0.05) is 11.1 Å². The third-order valence-corrected chi connectivity index (χ3v) is 4.10. The van der Waals surface area contributed by atoms with Crippen molar-refractivity contribution in [3.05, 3.63) is 77.0 Å². The van der Waals surface area contributed by atoms with E-state index in [4.69, 9.17) is 5.11 Å². The molecule has 3 rings (SSSR count). The van der Waals surface area contributed by atoms with E-state index >= 15 is 0 Å². The summed E-state index contributed by atoms with van der Waals surface area (Å²) < 4.78 is 0. The maximum Gasteiger partial charge on any atom is 0.335 e. The number of aromatic carboxylic acids is 1. The number of aryl methyl sites for hydroxylation is 3. The molecule has 0 unspecified atom stereocenters. The minimum absolute atomic E-state index is 0.330. The number of benzene rings is 2. The van der Waals surface area contributed by atoms with Crippen LogP contribution in [0.2, 0.25) is 0 Å². The Bertz CT molecular complexity index is 838. The average Bonchev–Trinajstić information content (AvgIpc) is 2.59. The molecule has 116 valence electrons. The van der Waals surface area contributed by atoms with Gasteiger partial charge in [0.2, 0.25) is 0 Å². The van der Waals surface area contributed by atoms with Crippen LogP contribution in [0.4, 0.5) is 0 Å². The summed E-state index contributed by atoms with van der Waals surface area (Å²) in [7, 11) is 0. The van der Waals surface area contributed by atoms with Gasteiger partial charge in [0.05, 0.1) is 11.1 Å². The number of carboxylic acids is 1. The number of nitrogens with zero attached hydrogens (tertiary/aromatic N) is 1. The maximum absolute atomic E-state index is 10.9. The lowest BCUT2D eigenvalue weighted by molar-refractivity contribution is 0.0697. The Morgan fingerprint density at radius 3 is 2.48 bits per heavy atom. The molecule has 0 saturated heterocycles. The smallest absolute Gasteiger partial charge is 0.335 e. The highest BCUT2D eigenvalue weighted by Crippen LogP contribution is 2.20. The first-order valence-electron chi connectivity index (χ1n) is 7.87. The van der Waals surface area contributed by atoms with E-state index in [2.05, 4.69) is 30.1 Å². The molecule has 1 N–H and O–H groups in total. The summed E-state index contributed by atoms with van der Waals surface area (Å²) in [5.41, 5.74) is 4.93. The Morgan fingerprint density at radius 2 is 1.78 bits per heavy atom. The SMILES string of the molecule is CCc1cc(CCc2ccc(C(=O)O)cc2)c2ccccc2n1. The number of carbonyl (C=O) groups is 1. The predicted molar refractivity (Wildman–Crippen MR) is 91.9 cm³/mol. The van der Waals surface area contributed by atoms with Crippen molar-refractivity contribution in [3.63, 3.8) is 0 Å². The summed E-state index contributed by atoms with van der Waals surface area (Å²) in [6.45, 7) is 2.12. The number of hydrogen-bond acceptors (Lipinski definition) is 2. The van der Waals surface area contributed by atoms with E-state index in [0.29, 0.717) is 5.56 Å². The van der Waals surface area contributed by atoms with Crippen LogP contribution in [0.5, 0.6) is 0 Å². The number of aromatic nitrogens is 1. The van der Waals surface area contributed by atoms with Crippen molar-refractivity contribution < 1.29 is 9.90 Å². The van der Waals surface area contributed by atoms with Gasteiger partial charge < -0.3 is 5.11 Å². The summed E-state index contributed by atoms with van der Waals surface area (Å²) in [5.74, 6) is -0.885. The van der Waals surface area contributed by atoms with Crippen LogP contribution in [-0.4, -0.2) is 16.1 Å². The first kappa shape index (κ1) is 15.2. The molecule has 2 aromatic carbocycles. The Hall–Kier alpha value is -2.68. The predicted octanol–water partition coefficient (Wildman–Crippen LogP) is 4.28. The van der Waals surface area contributed by atoms with Gasteiger partial charge >= 0.3 is 5.97 Å². The highest BCUT2D eigenvalue weighted by molar-refractivity contribution is 5.87. The van der Waals surface area contributed by atoms with Gasteiger partial charge in [-0.2, -0.15) is 0 Å². The van der Waals surface area contributed by atoms with Crippen LogP contribution in [0.25, 0.3) is 10.9 Å². The molecule has 0 aliphatic carbocycles. The average molecular weight is 305 g/mol. The normalized spacial score (nSPS) is 10.8. The van der Waals surface area contributed by atoms with E-state index < -0.39 is 5.97 Å². The van der Waals surface area contributed by atoms with Crippen LogP contribution >= 0.6 is 0 Å². The summed E-state index contributed by atoms with van der Waals surface area (Å²) in [6.07, 6.45) is 2.73. The van der Waals surface area contributed by atoms with Crippen LogP contribution in [0.3, 0.4) is 0 Å². The highest BCUT2D eigenvalue weighted by atomic mass is 16.4. The molecule has 0 radical (unpaired) electrons. The number of para-hydroxylation sites is 1. The Kier molecular flexibility index (Phi) is 4.38. The van der Waals surface area contributed by atoms with Crippen LogP contribution < -0.4 is 0 Å². The van der Waals surface area contributed by atoms with Crippen LogP contribution in [0.1, 0.15) is 34.1 Å². The Balaban J connectivity index is 1.85. The molecule has 1 heterocycles. The quantitative estimate of drug-likeness (QED) is 0.765. The second-order valence-corrected chi connectivity index (χ2v) is 5.65. The van der Waals surface area contributed by atoms with Crippen LogP contribution in [0, 0.1) is 0 Å². The van der Waals surface area contributed by atoms with Crippen molar-refractivity contribution in [1.29, 1.82) is 0 Å². The fourth-order valence-electron chi connectivity index (χ4n) is 2.79. The van der Waals surface area contributed by atoms with Crippen molar-refractivity contribution in [2.75, 3.05) is 0 Å². The lowest BCUT2D eigenvalue weighted by Crippen LogP contribution is -1.99. The molecular formula is C20H19NO2. The minimum Gasteiger partial charge on any atom is -0.478 e. The zero-order valence-electron chi connectivity index (χ0n) is 13.1. The van der Waals surface area contributed by atoms with Crippen molar-refractivity contribution in [3.8, 4) is 0 Å². The summed E-state index contributed by atoms with van der Waals surface area (Å²) >= 11 is 0. The van der Waals surface area contributed by atoms with Gasteiger partial charge in [0.15, 0.2) is 0 Å². The first-order chi connectivity index (χ1) is 11.2.